The van der Waals surface area contributed by atoms with Gasteiger partial charge in [-0.2, -0.15) is 11.8 Å². The van der Waals surface area contributed by atoms with Gasteiger partial charge in [0.2, 0.25) is 12.3 Å². The Labute approximate surface area is 193 Å². The predicted octanol–water partition coefficient (Wildman–Crippen LogP) is 2.68. The zero-order valence-corrected chi connectivity index (χ0v) is 21.0. The van der Waals surface area contributed by atoms with E-state index in [1.165, 1.54) is 32.2 Å². The third-order valence-electron chi connectivity index (χ3n) is 7.80. The van der Waals surface area contributed by atoms with Crippen molar-refractivity contribution in [1.82, 2.24) is 20.0 Å². The van der Waals surface area contributed by atoms with Crippen molar-refractivity contribution in [3.8, 4) is 0 Å². The van der Waals surface area contributed by atoms with E-state index in [1.807, 2.05) is 23.7 Å². The number of likely N-dealkylation sites (tertiary alicyclic amines) is 1. The molecule has 0 radical (unpaired) electrons. The molecule has 0 bridgehead atoms. The van der Waals surface area contributed by atoms with E-state index in [2.05, 4.69) is 35.9 Å². The number of carbonyl (C=O) groups excluding carboxylic acids is 2. The summed E-state index contributed by atoms with van der Waals surface area (Å²) in [6.45, 7) is 12.6. The van der Waals surface area contributed by atoms with Crippen LogP contribution in [0.1, 0.15) is 59.3 Å². The number of likely N-dealkylation sites (N-methyl/N-ethyl adjacent to an activating group) is 1. The van der Waals surface area contributed by atoms with Crippen LogP contribution >= 0.6 is 11.8 Å². The molecule has 2 atom stereocenters. The molecule has 6 nitrogen and oxygen atoms in total. The van der Waals surface area contributed by atoms with Crippen LogP contribution in [0.15, 0.2) is 0 Å². The van der Waals surface area contributed by atoms with Crippen molar-refractivity contribution >= 4 is 24.1 Å². The molecule has 178 valence electrons. The fourth-order valence-electron chi connectivity index (χ4n) is 5.61. The first-order valence-electron chi connectivity index (χ1n) is 12.4. The van der Waals surface area contributed by atoms with Crippen LogP contribution in [0, 0.1) is 11.8 Å². The Kier molecular flexibility index (Phi) is 9.11. The van der Waals surface area contributed by atoms with Crippen LogP contribution in [-0.2, 0) is 9.59 Å². The molecule has 0 aromatic rings. The van der Waals surface area contributed by atoms with Gasteiger partial charge in [0, 0.05) is 50.1 Å². The molecule has 1 N–H and O–H groups in total. The van der Waals surface area contributed by atoms with Crippen molar-refractivity contribution in [2.24, 2.45) is 11.8 Å². The van der Waals surface area contributed by atoms with Gasteiger partial charge in [0.15, 0.2) is 0 Å². The molecule has 7 heteroatoms. The molecule has 0 aromatic carbocycles. The zero-order chi connectivity index (χ0) is 22.4. The number of thioether (sulfide) groups is 1. The molecule has 2 heterocycles. The molecule has 1 aliphatic carbocycles. The number of carbonyl (C=O) groups is 2. The maximum Gasteiger partial charge on any atom is 0.241 e. The summed E-state index contributed by atoms with van der Waals surface area (Å²) in [5, 5.41) is 3.34. The Bertz CT molecular complexity index is 586. The fourth-order valence-corrected chi connectivity index (χ4v) is 6.99. The molecular formula is C24H44N4O2S. The first-order chi connectivity index (χ1) is 14.8. The van der Waals surface area contributed by atoms with Crippen LogP contribution in [0.4, 0.5) is 0 Å². The van der Waals surface area contributed by atoms with Crippen molar-refractivity contribution in [3.63, 3.8) is 0 Å². The highest BCUT2D eigenvalue weighted by molar-refractivity contribution is 8.00. The predicted molar refractivity (Wildman–Crippen MR) is 129 cm³/mol. The van der Waals surface area contributed by atoms with E-state index in [4.69, 9.17) is 0 Å². The average Bonchev–Trinajstić information content (AvgIpc) is 3.20. The first kappa shape index (κ1) is 24.8. The molecular weight excluding hydrogens is 408 g/mol. The molecule has 2 unspecified atom stereocenters. The topological polar surface area (TPSA) is 55.9 Å². The van der Waals surface area contributed by atoms with E-state index in [9.17, 15) is 9.59 Å². The highest BCUT2D eigenvalue weighted by Gasteiger charge is 2.40. The molecule has 31 heavy (non-hydrogen) atoms. The van der Waals surface area contributed by atoms with Crippen LogP contribution in [0.5, 0.6) is 0 Å². The SMILES string of the molecule is CNC(C(=O)N1CCCC1C)C(C)(C)SCC1CCC(CN2CCN(C=O)CC2)CC1. The molecule has 2 saturated heterocycles. The van der Waals surface area contributed by atoms with Crippen LogP contribution < -0.4 is 5.32 Å². The van der Waals surface area contributed by atoms with E-state index >= 15 is 0 Å². The second-order valence-electron chi connectivity index (χ2n) is 10.5. The van der Waals surface area contributed by atoms with Gasteiger partial charge in [-0.3, -0.25) is 14.5 Å². The number of rotatable bonds is 9. The summed E-state index contributed by atoms with van der Waals surface area (Å²) in [4.78, 5) is 30.6. The van der Waals surface area contributed by atoms with Crippen molar-refractivity contribution in [2.45, 2.75) is 76.1 Å². The largest absolute Gasteiger partial charge is 0.343 e. The maximum atomic E-state index is 13.2. The number of amides is 2. The Hall–Kier alpha value is -0.790. The van der Waals surface area contributed by atoms with Crippen molar-refractivity contribution in [1.29, 1.82) is 0 Å². The lowest BCUT2D eigenvalue weighted by Crippen LogP contribution is -2.55. The van der Waals surface area contributed by atoms with Gasteiger partial charge in [-0.05, 0) is 83.9 Å². The van der Waals surface area contributed by atoms with Crippen LogP contribution in [-0.4, -0.2) is 95.9 Å². The van der Waals surface area contributed by atoms with Crippen molar-refractivity contribution in [2.75, 3.05) is 52.1 Å². The average molecular weight is 453 g/mol. The highest BCUT2D eigenvalue weighted by Crippen LogP contribution is 2.37. The number of nitrogens with zero attached hydrogens (tertiary/aromatic N) is 3. The van der Waals surface area contributed by atoms with Gasteiger partial charge in [-0.15, -0.1) is 0 Å². The maximum absolute atomic E-state index is 13.2. The molecule has 0 aromatic heterocycles. The summed E-state index contributed by atoms with van der Waals surface area (Å²) in [5.41, 5.74) is 0. The number of hydrogen-bond acceptors (Lipinski definition) is 5. The molecule has 0 spiro atoms. The van der Waals surface area contributed by atoms with Gasteiger partial charge in [-0.25, -0.2) is 0 Å². The smallest absolute Gasteiger partial charge is 0.241 e. The van der Waals surface area contributed by atoms with E-state index in [0.29, 0.717) is 6.04 Å². The second kappa shape index (κ2) is 11.4. The molecule has 1 saturated carbocycles. The summed E-state index contributed by atoms with van der Waals surface area (Å²) >= 11 is 1.99. The lowest BCUT2D eigenvalue weighted by molar-refractivity contribution is -0.134. The molecule has 3 aliphatic rings. The van der Waals surface area contributed by atoms with Crippen LogP contribution in [0.3, 0.4) is 0 Å². The number of hydrogen-bond donors (Lipinski definition) is 1. The van der Waals surface area contributed by atoms with Crippen LogP contribution in [0.25, 0.3) is 0 Å². The minimum absolute atomic E-state index is 0.108. The molecule has 2 aliphatic heterocycles. The van der Waals surface area contributed by atoms with Gasteiger partial charge >= 0.3 is 0 Å². The van der Waals surface area contributed by atoms with Crippen molar-refractivity contribution < 1.29 is 9.59 Å². The van der Waals surface area contributed by atoms with E-state index in [0.717, 1.165) is 69.6 Å². The lowest BCUT2D eigenvalue weighted by Gasteiger charge is -2.39. The van der Waals surface area contributed by atoms with Gasteiger partial charge < -0.3 is 15.1 Å². The minimum Gasteiger partial charge on any atom is -0.343 e. The summed E-state index contributed by atoms with van der Waals surface area (Å²) < 4.78 is -0.108. The van der Waals surface area contributed by atoms with Gasteiger partial charge in [0.05, 0.1) is 0 Å². The van der Waals surface area contributed by atoms with Gasteiger partial charge in [0.25, 0.3) is 0 Å². The van der Waals surface area contributed by atoms with Gasteiger partial charge in [-0.1, -0.05) is 0 Å². The second-order valence-corrected chi connectivity index (χ2v) is 12.2. The normalized spacial score (nSPS) is 29.2. The minimum atomic E-state index is -0.126. The number of nitrogens with one attached hydrogen (secondary N) is 1. The Morgan fingerprint density at radius 2 is 1.71 bits per heavy atom. The number of piperazine rings is 1. The monoisotopic (exact) mass is 452 g/mol. The summed E-state index contributed by atoms with van der Waals surface area (Å²) in [6.07, 6.45) is 8.50. The van der Waals surface area contributed by atoms with Crippen molar-refractivity contribution in [3.05, 3.63) is 0 Å². The summed E-state index contributed by atoms with van der Waals surface area (Å²) in [5.74, 6) is 3.01. The first-order valence-corrected chi connectivity index (χ1v) is 13.4. The Morgan fingerprint density at radius 1 is 1.06 bits per heavy atom. The van der Waals surface area contributed by atoms with Gasteiger partial charge in [0.1, 0.15) is 6.04 Å². The third kappa shape index (κ3) is 6.61. The fraction of sp³-hybridized carbons (Fsp3) is 0.917. The third-order valence-corrected chi connectivity index (χ3v) is 9.41. The molecule has 2 amide bonds. The Morgan fingerprint density at radius 3 is 2.26 bits per heavy atom. The van der Waals surface area contributed by atoms with E-state index in [1.54, 1.807) is 0 Å². The molecule has 3 fully saturated rings. The lowest BCUT2D eigenvalue weighted by atomic mass is 9.82. The standard InChI is InChI=1S/C24H44N4O2S/c1-19-6-5-11-28(19)23(30)22(25-4)24(2,3)31-17-21-9-7-20(8-10-21)16-26-12-14-27(18-29)15-13-26/h18-22,25H,5-17H2,1-4H3. The summed E-state index contributed by atoms with van der Waals surface area (Å²) in [6, 6.07) is 0.250. The highest BCUT2D eigenvalue weighted by atomic mass is 32.2. The quantitative estimate of drug-likeness (QED) is 0.545. The van der Waals surface area contributed by atoms with Crippen LogP contribution in [0.2, 0.25) is 0 Å². The molecule has 3 rings (SSSR count). The van der Waals surface area contributed by atoms with E-state index < -0.39 is 0 Å². The zero-order valence-electron chi connectivity index (χ0n) is 20.1. The Balaban J connectivity index is 1.40. The summed E-state index contributed by atoms with van der Waals surface area (Å²) in [7, 11) is 1.94. The van der Waals surface area contributed by atoms with E-state index in [-0.39, 0.29) is 16.7 Å².